The summed E-state index contributed by atoms with van der Waals surface area (Å²) in [5, 5.41) is 13.5. The zero-order valence-corrected chi connectivity index (χ0v) is 24.5. The van der Waals surface area contributed by atoms with Crippen molar-refractivity contribution in [3.63, 3.8) is 0 Å². The van der Waals surface area contributed by atoms with Crippen LogP contribution in [0, 0.1) is 0 Å². The van der Waals surface area contributed by atoms with E-state index in [1.807, 2.05) is 91.0 Å². The number of carbonyl (C=O) groups excluding carboxylic acids is 3. The predicted octanol–water partition coefficient (Wildman–Crippen LogP) is 4.63. The fourth-order valence-electron chi connectivity index (χ4n) is 4.66. The van der Waals surface area contributed by atoms with E-state index in [1.54, 1.807) is 6.20 Å². The first-order valence-corrected chi connectivity index (χ1v) is 15.9. The lowest BCUT2D eigenvalue weighted by Gasteiger charge is -2.49. The molecule has 0 bridgehead atoms. The van der Waals surface area contributed by atoms with Gasteiger partial charge in [0.25, 0.3) is 5.91 Å². The highest BCUT2D eigenvalue weighted by atomic mass is 32.2. The lowest BCUT2D eigenvalue weighted by Crippen LogP contribution is -2.70. The fraction of sp³-hybridized carbons (Fsp3) is 0.167. The van der Waals surface area contributed by atoms with Crippen LogP contribution in [0.2, 0.25) is 0 Å². The topological polar surface area (TPSA) is 117 Å². The lowest BCUT2D eigenvalue weighted by molar-refractivity contribution is -0.154. The van der Waals surface area contributed by atoms with Crippen LogP contribution in [-0.4, -0.2) is 61.0 Å². The Hall–Kier alpha value is -4.00. The number of hydrogen-bond acceptors (Lipinski definition) is 9. The molecule has 2 atom stereocenters. The summed E-state index contributed by atoms with van der Waals surface area (Å²) in [7, 11) is 0. The number of fused-ring (bicyclic) bond motifs is 1. The van der Waals surface area contributed by atoms with Gasteiger partial charge >= 0.3 is 5.97 Å². The van der Waals surface area contributed by atoms with Crippen LogP contribution < -0.4 is 5.32 Å². The molecule has 6 rings (SSSR count). The highest BCUT2D eigenvalue weighted by Gasteiger charge is 2.54. The second kappa shape index (κ2) is 12.9. The minimum absolute atomic E-state index is 0.171. The summed E-state index contributed by atoms with van der Waals surface area (Å²) >= 11 is 4.17. The van der Waals surface area contributed by atoms with E-state index in [0.717, 1.165) is 16.0 Å². The third-order valence-electron chi connectivity index (χ3n) is 6.61. The standard InChI is InChI=1S/C30H25N5O4S3/c36-23(18-40-21-14-8-3-9-15-21)32-25-28(37)35-26(22(17-41-29(25)35)42-24-16-31-34-33-24)30(38)39-27(19-10-4-1-5-11-19)20-12-6-2-7-13-20/h1-16,25,27,29H,17-18H2,(H,32,36)(H,31,33,34)/t25-,29-/m1/s1. The van der Waals surface area contributed by atoms with Crippen LogP contribution in [0.5, 0.6) is 0 Å². The summed E-state index contributed by atoms with van der Waals surface area (Å²) in [5.74, 6) is -0.596. The average Bonchev–Trinajstić information content (AvgIpc) is 3.55. The van der Waals surface area contributed by atoms with E-state index in [9.17, 15) is 14.4 Å². The summed E-state index contributed by atoms with van der Waals surface area (Å²) in [5.41, 5.74) is 1.79. The van der Waals surface area contributed by atoms with Crippen molar-refractivity contribution in [3.8, 4) is 0 Å². The van der Waals surface area contributed by atoms with Crippen LogP contribution in [0.25, 0.3) is 0 Å². The quantitative estimate of drug-likeness (QED) is 0.150. The molecule has 0 unspecified atom stereocenters. The zero-order valence-electron chi connectivity index (χ0n) is 22.1. The van der Waals surface area contributed by atoms with Gasteiger partial charge in [-0.3, -0.25) is 19.6 Å². The first-order chi connectivity index (χ1) is 20.6. The first kappa shape index (κ1) is 28.1. The average molecular weight is 616 g/mol. The summed E-state index contributed by atoms with van der Waals surface area (Å²) in [6.07, 6.45) is 0.877. The number of aromatic amines is 1. The van der Waals surface area contributed by atoms with Gasteiger partial charge < -0.3 is 10.1 Å². The number of rotatable bonds is 10. The van der Waals surface area contributed by atoms with Gasteiger partial charge in [-0.15, -0.1) is 28.6 Å². The van der Waals surface area contributed by atoms with E-state index in [0.29, 0.717) is 15.7 Å². The van der Waals surface area contributed by atoms with Crippen molar-refractivity contribution in [3.05, 3.63) is 119 Å². The SMILES string of the molecule is O=C(CSc1ccccc1)N[C@@H]1C(=O)N2C(C(=O)OC(c3ccccc3)c3ccccc3)=C(Sc3cnn[nH]3)CS[C@H]12. The van der Waals surface area contributed by atoms with Crippen molar-refractivity contribution in [2.45, 2.75) is 27.4 Å². The normalized spacial score (nSPS) is 17.9. The molecule has 0 aliphatic carbocycles. The molecule has 12 heteroatoms. The van der Waals surface area contributed by atoms with Gasteiger partial charge in [0.05, 0.1) is 11.9 Å². The van der Waals surface area contributed by atoms with Crippen molar-refractivity contribution in [2.24, 2.45) is 0 Å². The van der Waals surface area contributed by atoms with Crippen molar-refractivity contribution < 1.29 is 19.1 Å². The van der Waals surface area contributed by atoms with Crippen LogP contribution >= 0.6 is 35.3 Å². The highest BCUT2D eigenvalue weighted by molar-refractivity contribution is 8.06. The molecule has 0 saturated carbocycles. The molecule has 2 aliphatic heterocycles. The number of nitrogens with one attached hydrogen (secondary N) is 2. The largest absolute Gasteiger partial charge is 0.448 e. The molecule has 2 N–H and O–H groups in total. The smallest absolute Gasteiger partial charge is 0.356 e. The number of aromatic nitrogens is 3. The van der Waals surface area contributed by atoms with E-state index in [-0.39, 0.29) is 23.3 Å². The van der Waals surface area contributed by atoms with Crippen molar-refractivity contribution >= 4 is 53.1 Å². The Kier molecular flexibility index (Phi) is 8.63. The maximum absolute atomic E-state index is 14.0. The number of ether oxygens (including phenoxy) is 1. The summed E-state index contributed by atoms with van der Waals surface area (Å²) in [6, 6.07) is 27.8. The first-order valence-electron chi connectivity index (χ1n) is 13.1. The summed E-state index contributed by atoms with van der Waals surface area (Å²) in [4.78, 5) is 43.3. The third-order valence-corrected chi connectivity index (χ3v) is 10.1. The molecule has 3 heterocycles. The number of β-lactam (4-membered cyclic amide) rings is 1. The molecule has 3 aromatic carbocycles. The summed E-state index contributed by atoms with van der Waals surface area (Å²) in [6.45, 7) is 0. The maximum Gasteiger partial charge on any atom is 0.356 e. The van der Waals surface area contributed by atoms with Crippen LogP contribution in [-0.2, 0) is 19.1 Å². The highest BCUT2D eigenvalue weighted by Crippen LogP contribution is 2.45. The van der Waals surface area contributed by atoms with Crippen LogP contribution in [0.4, 0.5) is 0 Å². The number of benzene rings is 3. The minimum atomic E-state index is -0.735. The Balaban J connectivity index is 1.24. The molecule has 0 radical (unpaired) electrons. The number of esters is 1. The molecular formula is C30H25N5O4S3. The predicted molar refractivity (Wildman–Crippen MR) is 162 cm³/mol. The maximum atomic E-state index is 14.0. The molecule has 1 aromatic heterocycles. The molecule has 42 heavy (non-hydrogen) atoms. The Morgan fingerprint density at radius 2 is 1.64 bits per heavy atom. The Morgan fingerprint density at radius 1 is 1.00 bits per heavy atom. The minimum Gasteiger partial charge on any atom is -0.448 e. The van der Waals surface area contributed by atoms with Gasteiger partial charge in [0.2, 0.25) is 5.91 Å². The van der Waals surface area contributed by atoms with E-state index in [1.165, 1.54) is 40.2 Å². The molecule has 212 valence electrons. The fourth-order valence-corrected chi connectivity index (χ4v) is 7.75. The van der Waals surface area contributed by atoms with E-state index in [2.05, 4.69) is 20.7 Å². The van der Waals surface area contributed by atoms with Crippen molar-refractivity contribution in [1.29, 1.82) is 0 Å². The van der Waals surface area contributed by atoms with Gasteiger partial charge in [-0.05, 0) is 23.3 Å². The van der Waals surface area contributed by atoms with Crippen LogP contribution in [0.3, 0.4) is 0 Å². The van der Waals surface area contributed by atoms with Gasteiger partial charge in [0.15, 0.2) is 6.10 Å². The number of hydrogen-bond donors (Lipinski definition) is 2. The molecule has 2 aliphatic rings. The number of H-pyrrole nitrogens is 1. The molecule has 4 aromatic rings. The molecule has 2 amide bonds. The number of amides is 2. The third kappa shape index (κ3) is 6.10. The number of thioether (sulfide) groups is 3. The van der Waals surface area contributed by atoms with Gasteiger partial charge in [-0.2, -0.15) is 0 Å². The second-order valence-corrected chi connectivity index (χ2v) is 12.6. The number of nitrogens with zero attached hydrogens (tertiary/aromatic N) is 3. The summed E-state index contributed by atoms with van der Waals surface area (Å²) < 4.78 is 6.17. The monoisotopic (exact) mass is 615 g/mol. The van der Waals surface area contributed by atoms with Gasteiger partial charge in [-0.1, -0.05) is 95.8 Å². The van der Waals surface area contributed by atoms with Crippen molar-refractivity contribution in [2.75, 3.05) is 11.5 Å². The number of carbonyl (C=O) groups is 3. The molecular weight excluding hydrogens is 591 g/mol. The van der Waals surface area contributed by atoms with Crippen LogP contribution in [0.15, 0.2) is 118 Å². The molecule has 1 fully saturated rings. The Bertz CT molecular complexity index is 1550. The lowest BCUT2D eigenvalue weighted by atomic mass is 10.0. The van der Waals surface area contributed by atoms with Crippen LogP contribution in [0.1, 0.15) is 17.2 Å². The van der Waals surface area contributed by atoms with Gasteiger partial charge in [0.1, 0.15) is 22.1 Å². The molecule has 9 nitrogen and oxygen atoms in total. The Labute approximate surface area is 254 Å². The second-order valence-electron chi connectivity index (χ2n) is 9.36. The van der Waals surface area contributed by atoms with E-state index in [4.69, 9.17) is 4.74 Å². The van der Waals surface area contributed by atoms with E-state index < -0.39 is 23.5 Å². The Morgan fingerprint density at radius 3 is 2.26 bits per heavy atom. The zero-order chi connectivity index (χ0) is 28.9. The molecule has 0 spiro atoms. The molecule has 1 saturated heterocycles. The van der Waals surface area contributed by atoms with Gasteiger partial charge in [0, 0.05) is 15.6 Å². The van der Waals surface area contributed by atoms with E-state index >= 15 is 0 Å². The van der Waals surface area contributed by atoms with Gasteiger partial charge in [-0.25, -0.2) is 4.79 Å². The van der Waals surface area contributed by atoms with Crippen molar-refractivity contribution in [1.82, 2.24) is 25.6 Å².